The Morgan fingerprint density at radius 2 is 1.89 bits per heavy atom. The fraction of sp³-hybridized carbons (Fsp3) is 0.286. The van der Waals surface area contributed by atoms with E-state index in [4.69, 9.17) is 0 Å². The van der Waals surface area contributed by atoms with Crippen molar-refractivity contribution in [1.82, 2.24) is 9.97 Å². The van der Waals surface area contributed by atoms with Crippen LogP contribution >= 0.6 is 31.9 Å². The standard InChI is InChI=1S/C14H15Br2N3/c1-3-4-10-8-13(17-2)19-14(18-10)9-5-6-11(15)12(16)7-9/h5-8H,3-4H2,1-2H3,(H,17,18,19). The van der Waals surface area contributed by atoms with Crippen LogP contribution in [0.2, 0.25) is 0 Å². The molecule has 0 amide bonds. The number of halogens is 2. The number of benzene rings is 1. The molecule has 0 saturated carbocycles. The van der Waals surface area contributed by atoms with Crippen molar-refractivity contribution >= 4 is 37.7 Å². The van der Waals surface area contributed by atoms with Crippen LogP contribution in [0.3, 0.4) is 0 Å². The van der Waals surface area contributed by atoms with Crippen LogP contribution in [0.1, 0.15) is 19.0 Å². The van der Waals surface area contributed by atoms with Crippen LogP contribution in [-0.4, -0.2) is 17.0 Å². The SMILES string of the molecule is CCCc1cc(NC)nc(-c2ccc(Br)c(Br)c2)n1. The normalized spacial score (nSPS) is 10.5. The molecule has 2 rings (SSSR count). The number of hydrogen-bond acceptors (Lipinski definition) is 3. The Morgan fingerprint density at radius 1 is 1.11 bits per heavy atom. The predicted molar refractivity (Wildman–Crippen MR) is 86.4 cm³/mol. The fourth-order valence-corrected chi connectivity index (χ4v) is 2.40. The molecule has 2 aromatic rings. The fourth-order valence-electron chi connectivity index (χ4n) is 1.77. The smallest absolute Gasteiger partial charge is 0.161 e. The highest BCUT2D eigenvalue weighted by molar-refractivity contribution is 9.13. The van der Waals surface area contributed by atoms with E-state index in [1.165, 1.54) is 0 Å². The Bertz CT molecular complexity index is 585. The molecule has 1 aromatic carbocycles. The third-order valence-corrected chi connectivity index (χ3v) is 4.60. The Hall–Kier alpha value is -0.940. The highest BCUT2D eigenvalue weighted by Gasteiger charge is 2.07. The molecular weight excluding hydrogens is 370 g/mol. The number of hydrogen-bond donors (Lipinski definition) is 1. The first-order chi connectivity index (χ1) is 9.13. The van der Waals surface area contributed by atoms with E-state index in [-0.39, 0.29) is 0 Å². The monoisotopic (exact) mass is 383 g/mol. The molecule has 1 heterocycles. The summed E-state index contributed by atoms with van der Waals surface area (Å²) in [5, 5.41) is 3.09. The third-order valence-electron chi connectivity index (χ3n) is 2.72. The number of nitrogens with zero attached hydrogens (tertiary/aromatic N) is 2. The number of aromatic nitrogens is 2. The lowest BCUT2D eigenvalue weighted by Gasteiger charge is -2.08. The molecule has 1 N–H and O–H groups in total. The minimum Gasteiger partial charge on any atom is -0.373 e. The number of nitrogens with one attached hydrogen (secondary N) is 1. The van der Waals surface area contributed by atoms with Gasteiger partial charge in [-0.05, 0) is 56.5 Å². The maximum atomic E-state index is 4.62. The van der Waals surface area contributed by atoms with Gasteiger partial charge < -0.3 is 5.32 Å². The zero-order valence-corrected chi connectivity index (χ0v) is 14.0. The Labute approximate surface area is 130 Å². The minimum absolute atomic E-state index is 0.753. The second kappa shape index (κ2) is 6.48. The van der Waals surface area contributed by atoms with Gasteiger partial charge in [0.15, 0.2) is 5.82 Å². The van der Waals surface area contributed by atoms with Crippen LogP contribution in [0, 0.1) is 0 Å². The van der Waals surface area contributed by atoms with E-state index in [0.29, 0.717) is 0 Å². The average Bonchev–Trinajstić information content (AvgIpc) is 2.42. The summed E-state index contributed by atoms with van der Waals surface area (Å²) in [6.45, 7) is 2.15. The molecule has 0 saturated heterocycles. The molecule has 0 spiro atoms. The Morgan fingerprint density at radius 3 is 2.53 bits per heavy atom. The first-order valence-electron chi connectivity index (χ1n) is 6.15. The summed E-state index contributed by atoms with van der Waals surface area (Å²) in [6, 6.07) is 8.03. The van der Waals surface area contributed by atoms with Crippen molar-refractivity contribution in [3.05, 3.63) is 38.9 Å². The first kappa shape index (κ1) is 14.5. The molecular formula is C14H15Br2N3. The van der Waals surface area contributed by atoms with Crippen molar-refractivity contribution in [1.29, 1.82) is 0 Å². The zero-order valence-electron chi connectivity index (χ0n) is 10.9. The second-order valence-corrected chi connectivity index (χ2v) is 5.91. The van der Waals surface area contributed by atoms with Gasteiger partial charge >= 0.3 is 0 Å². The van der Waals surface area contributed by atoms with E-state index in [2.05, 4.69) is 54.1 Å². The van der Waals surface area contributed by atoms with Crippen LogP contribution in [0.25, 0.3) is 11.4 Å². The zero-order chi connectivity index (χ0) is 13.8. The number of anilines is 1. The van der Waals surface area contributed by atoms with Crippen molar-refractivity contribution in [2.75, 3.05) is 12.4 Å². The van der Waals surface area contributed by atoms with Gasteiger partial charge in [-0.25, -0.2) is 9.97 Å². The van der Waals surface area contributed by atoms with Gasteiger partial charge in [0.2, 0.25) is 0 Å². The molecule has 0 radical (unpaired) electrons. The molecule has 0 aliphatic heterocycles. The van der Waals surface area contributed by atoms with E-state index in [1.807, 2.05) is 31.3 Å². The summed E-state index contributed by atoms with van der Waals surface area (Å²) >= 11 is 6.98. The topological polar surface area (TPSA) is 37.8 Å². The number of rotatable bonds is 4. The van der Waals surface area contributed by atoms with E-state index < -0.39 is 0 Å². The molecule has 0 fully saturated rings. The van der Waals surface area contributed by atoms with Gasteiger partial charge in [-0.2, -0.15) is 0 Å². The molecule has 1 aromatic heterocycles. The quantitative estimate of drug-likeness (QED) is 0.832. The van der Waals surface area contributed by atoms with Crippen molar-refractivity contribution < 1.29 is 0 Å². The lowest BCUT2D eigenvalue weighted by Crippen LogP contribution is -2.01. The minimum atomic E-state index is 0.753. The maximum absolute atomic E-state index is 4.62. The van der Waals surface area contributed by atoms with E-state index >= 15 is 0 Å². The Balaban J connectivity index is 2.47. The average molecular weight is 385 g/mol. The van der Waals surface area contributed by atoms with Gasteiger partial charge in [-0.3, -0.25) is 0 Å². The molecule has 3 nitrogen and oxygen atoms in total. The van der Waals surface area contributed by atoms with Crippen LogP contribution < -0.4 is 5.32 Å². The molecule has 0 atom stereocenters. The summed E-state index contributed by atoms with van der Waals surface area (Å²) in [6.07, 6.45) is 2.03. The van der Waals surface area contributed by atoms with Crippen molar-refractivity contribution in [2.24, 2.45) is 0 Å². The van der Waals surface area contributed by atoms with Gasteiger partial charge in [0.05, 0.1) is 0 Å². The number of aryl methyl sites for hydroxylation is 1. The lowest BCUT2D eigenvalue weighted by atomic mass is 10.2. The summed E-state index contributed by atoms with van der Waals surface area (Å²) in [7, 11) is 1.87. The third kappa shape index (κ3) is 3.54. The van der Waals surface area contributed by atoms with Gasteiger partial charge in [0, 0.05) is 33.3 Å². The summed E-state index contributed by atoms with van der Waals surface area (Å²) in [5.41, 5.74) is 2.07. The van der Waals surface area contributed by atoms with Crippen molar-refractivity contribution in [3.8, 4) is 11.4 Å². The summed E-state index contributed by atoms with van der Waals surface area (Å²) in [4.78, 5) is 9.14. The summed E-state index contributed by atoms with van der Waals surface area (Å²) in [5.74, 6) is 1.61. The van der Waals surface area contributed by atoms with Gasteiger partial charge in [-0.15, -0.1) is 0 Å². The molecule has 100 valence electrons. The largest absolute Gasteiger partial charge is 0.373 e. The van der Waals surface area contributed by atoms with Crippen molar-refractivity contribution in [3.63, 3.8) is 0 Å². The van der Waals surface area contributed by atoms with Crippen molar-refractivity contribution in [2.45, 2.75) is 19.8 Å². The molecule has 5 heteroatoms. The van der Waals surface area contributed by atoms with Gasteiger partial charge in [-0.1, -0.05) is 13.3 Å². The first-order valence-corrected chi connectivity index (χ1v) is 7.73. The van der Waals surface area contributed by atoms with E-state index in [9.17, 15) is 0 Å². The van der Waals surface area contributed by atoms with Crippen LogP contribution in [0.4, 0.5) is 5.82 Å². The highest BCUT2D eigenvalue weighted by Crippen LogP contribution is 2.28. The van der Waals surface area contributed by atoms with Crippen LogP contribution in [-0.2, 0) is 6.42 Å². The highest BCUT2D eigenvalue weighted by atomic mass is 79.9. The second-order valence-electron chi connectivity index (χ2n) is 4.20. The van der Waals surface area contributed by atoms with E-state index in [0.717, 1.165) is 44.7 Å². The molecule has 0 bridgehead atoms. The molecule has 0 unspecified atom stereocenters. The lowest BCUT2D eigenvalue weighted by molar-refractivity contribution is 0.876. The van der Waals surface area contributed by atoms with Crippen LogP contribution in [0.5, 0.6) is 0 Å². The van der Waals surface area contributed by atoms with Gasteiger partial charge in [0.1, 0.15) is 5.82 Å². The molecule has 19 heavy (non-hydrogen) atoms. The van der Waals surface area contributed by atoms with E-state index in [1.54, 1.807) is 0 Å². The Kier molecular flexibility index (Phi) is 4.93. The predicted octanol–water partition coefficient (Wildman–Crippen LogP) is 4.66. The van der Waals surface area contributed by atoms with Gasteiger partial charge in [0.25, 0.3) is 0 Å². The molecule has 0 aliphatic carbocycles. The summed E-state index contributed by atoms with van der Waals surface area (Å²) < 4.78 is 2.02. The maximum Gasteiger partial charge on any atom is 0.161 e. The molecule has 0 aliphatic rings. The van der Waals surface area contributed by atoms with Crippen LogP contribution in [0.15, 0.2) is 33.2 Å².